The maximum atomic E-state index is 11.8. The van der Waals surface area contributed by atoms with E-state index in [9.17, 15) is 4.79 Å². The van der Waals surface area contributed by atoms with Crippen molar-refractivity contribution >= 4 is 5.91 Å². The second-order valence-electron chi connectivity index (χ2n) is 5.66. The molecule has 0 saturated carbocycles. The number of methoxy groups -OCH3 is 1. The number of ether oxygens (including phenoxy) is 1. The summed E-state index contributed by atoms with van der Waals surface area (Å²) < 4.78 is 5.58. The third-order valence-corrected chi connectivity index (χ3v) is 3.99. The van der Waals surface area contributed by atoms with Gasteiger partial charge < -0.3 is 10.1 Å². The Bertz CT molecular complexity index is 231. The van der Waals surface area contributed by atoms with Crippen molar-refractivity contribution in [1.82, 2.24) is 5.32 Å². The van der Waals surface area contributed by atoms with Crippen LogP contribution in [0.2, 0.25) is 0 Å². The highest BCUT2D eigenvalue weighted by molar-refractivity contribution is 5.76. The van der Waals surface area contributed by atoms with Crippen LogP contribution in [0.1, 0.15) is 66.2 Å². The SMILES string of the molecule is CCCCNC(=O)CC(C)C(C)C(CCCC)OC. The number of hydrogen-bond acceptors (Lipinski definition) is 2. The zero-order chi connectivity index (χ0) is 14.7. The summed E-state index contributed by atoms with van der Waals surface area (Å²) in [5, 5.41) is 2.99. The lowest BCUT2D eigenvalue weighted by Crippen LogP contribution is -2.31. The van der Waals surface area contributed by atoms with E-state index in [1.54, 1.807) is 7.11 Å². The van der Waals surface area contributed by atoms with Crippen LogP contribution in [0.3, 0.4) is 0 Å². The van der Waals surface area contributed by atoms with Crippen LogP contribution in [0.5, 0.6) is 0 Å². The van der Waals surface area contributed by atoms with Crippen LogP contribution < -0.4 is 5.32 Å². The summed E-state index contributed by atoms with van der Waals surface area (Å²) in [5.74, 6) is 0.968. The van der Waals surface area contributed by atoms with Crippen LogP contribution >= 0.6 is 0 Å². The topological polar surface area (TPSA) is 38.3 Å². The zero-order valence-corrected chi connectivity index (χ0v) is 13.5. The predicted molar refractivity (Wildman–Crippen MR) is 81.2 cm³/mol. The molecule has 0 rings (SSSR count). The molecule has 114 valence electrons. The van der Waals surface area contributed by atoms with Gasteiger partial charge in [-0.3, -0.25) is 4.79 Å². The molecule has 0 aromatic rings. The molecule has 19 heavy (non-hydrogen) atoms. The van der Waals surface area contributed by atoms with Gasteiger partial charge in [0.2, 0.25) is 5.91 Å². The molecule has 0 radical (unpaired) electrons. The summed E-state index contributed by atoms with van der Waals surface area (Å²) in [7, 11) is 1.78. The first-order valence-corrected chi connectivity index (χ1v) is 7.86. The van der Waals surface area contributed by atoms with E-state index in [0.717, 1.165) is 25.8 Å². The van der Waals surface area contributed by atoms with Gasteiger partial charge in [-0.2, -0.15) is 0 Å². The van der Waals surface area contributed by atoms with Crippen LogP contribution in [0.4, 0.5) is 0 Å². The third kappa shape index (κ3) is 8.25. The Morgan fingerprint density at radius 2 is 1.79 bits per heavy atom. The first-order chi connectivity index (χ1) is 9.06. The summed E-state index contributed by atoms with van der Waals surface area (Å²) >= 11 is 0. The van der Waals surface area contributed by atoms with Crippen LogP contribution in [0, 0.1) is 11.8 Å². The molecule has 0 bridgehead atoms. The molecule has 0 aliphatic rings. The maximum absolute atomic E-state index is 11.8. The normalized spacial score (nSPS) is 15.8. The van der Waals surface area contributed by atoms with Gasteiger partial charge in [-0.1, -0.05) is 47.0 Å². The number of carbonyl (C=O) groups excluding carboxylic acids is 1. The Kier molecular flexibility index (Phi) is 10.9. The van der Waals surface area contributed by atoms with Gasteiger partial charge in [0.1, 0.15) is 0 Å². The van der Waals surface area contributed by atoms with E-state index in [4.69, 9.17) is 4.74 Å². The average Bonchev–Trinajstić information content (AvgIpc) is 2.39. The van der Waals surface area contributed by atoms with Gasteiger partial charge >= 0.3 is 0 Å². The molecule has 3 heteroatoms. The molecule has 0 heterocycles. The number of nitrogens with one attached hydrogen (secondary N) is 1. The molecule has 0 spiro atoms. The fourth-order valence-corrected chi connectivity index (χ4v) is 2.32. The molecule has 3 nitrogen and oxygen atoms in total. The second-order valence-corrected chi connectivity index (χ2v) is 5.66. The highest BCUT2D eigenvalue weighted by Gasteiger charge is 2.23. The van der Waals surface area contributed by atoms with Crippen LogP contribution in [-0.4, -0.2) is 25.7 Å². The second kappa shape index (κ2) is 11.3. The van der Waals surface area contributed by atoms with Crippen molar-refractivity contribution in [3.8, 4) is 0 Å². The molecular weight excluding hydrogens is 238 g/mol. The van der Waals surface area contributed by atoms with Gasteiger partial charge in [-0.15, -0.1) is 0 Å². The lowest BCUT2D eigenvalue weighted by atomic mass is 9.86. The lowest BCUT2D eigenvalue weighted by molar-refractivity contribution is -0.122. The van der Waals surface area contributed by atoms with E-state index in [0.29, 0.717) is 18.3 Å². The van der Waals surface area contributed by atoms with Crippen molar-refractivity contribution in [1.29, 1.82) is 0 Å². The fourth-order valence-electron chi connectivity index (χ4n) is 2.32. The first-order valence-electron chi connectivity index (χ1n) is 7.86. The minimum Gasteiger partial charge on any atom is -0.381 e. The molecule has 1 amide bonds. The molecule has 0 aromatic carbocycles. The van der Waals surface area contributed by atoms with Crippen molar-refractivity contribution in [2.45, 2.75) is 72.3 Å². The zero-order valence-electron chi connectivity index (χ0n) is 13.5. The molecule has 3 unspecified atom stereocenters. The number of unbranched alkanes of at least 4 members (excludes halogenated alkanes) is 2. The Hall–Kier alpha value is -0.570. The van der Waals surface area contributed by atoms with Crippen molar-refractivity contribution in [3.63, 3.8) is 0 Å². The van der Waals surface area contributed by atoms with Gasteiger partial charge in [0.15, 0.2) is 0 Å². The van der Waals surface area contributed by atoms with Crippen molar-refractivity contribution in [2.75, 3.05) is 13.7 Å². The summed E-state index contributed by atoms with van der Waals surface area (Å²) in [6.45, 7) is 9.49. The molecule has 3 atom stereocenters. The number of hydrogen-bond donors (Lipinski definition) is 1. The van der Waals surface area contributed by atoms with Crippen molar-refractivity contribution in [2.24, 2.45) is 11.8 Å². The van der Waals surface area contributed by atoms with Crippen molar-refractivity contribution < 1.29 is 9.53 Å². The molecular formula is C16H33NO2. The van der Waals surface area contributed by atoms with E-state index < -0.39 is 0 Å². The standard InChI is InChI=1S/C16H33NO2/c1-6-8-10-15(19-5)14(4)13(3)12-16(18)17-11-9-7-2/h13-15H,6-12H2,1-5H3,(H,17,18). The summed E-state index contributed by atoms with van der Waals surface area (Å²) in [6, 6.07) is 0. The number of carbonyl (C=O) groups is 1. The highest BCUT2D eigenvalue weighted by Crippen LogP contribution is 2.24. The van der Waals surface area contributed by atoms with Gasteiger partial charge in [0.25, 0.3) is 0 Å². The van der Waals surface area contributed by atoms with E-state index in [-0.39, 0.29) is 12.0 Å². The first kappa shape index (κ1) is 18.4. The molecule has 0 aromatic heterocycles. The summed E-state index contributed by atoms with van der Waals surface area (Å²) in [5.41, 5.74) is 0. The van der Waals surface area contributed by atoms with Crippen LogP contribution in [0.15, 0.2) is 0 Å². The third-order valence-electron chi connectivity index (χ3n) is 3.99. The van der Waals surface area contributed by atoms with Crippen LogP contribution in [-0.2, 0) is 9.53 Å². The largest absolute Gasteiger partial charge is 0.381 e. The van der Waals surface area contributed by atoms with E-state index in [1.807, 2.05) is 0 Å². The van der Waals surface area contributed by atoms with Gasteiger partial charge in [0, 0.05) is 20.1 Å². The van der Waals surface area contributed by atoms with E-state index >= 15 is 0 Å². The molecule has 0 fully saturated rings. The fraction of sp³-hybridized carbons (Fsp3) is 0.938. The minimum atomic E-state index is 0.179. The predicted octanol–water partition coefficient (Wildman–Crippen LogP) is 3.77. The summed E-state index contributed by atoms with van der Waals surface area (Å²) in [6.07, 6.45) is 6.55. The Balaban J connectivity index is 4.07. The van der Waals surface area contributed by atoms with E-state index in [2.05, 4.69) is 33.0 Å². The minimum absolute atomic E-state index is 0.179. The summed E-state index contributed by atoms with van der Waals surface area (Å²) in [4.78, 5) is 11.8. The van der Waals surface area contributed by atoms with Gasteiger partial charge in [0.05, 0.1) is 6.10 Å². The average molecular weight is 271 g/mol. The van der Waals surface area contributed by atoms with E-state index in [1.165, 1.54) is 12.8 Å². The Labute approximate surface area is 119 Å². The molecule has 0 aliphatic heterocycles. The monoisotopic (exact) mass is 271 g/mol. The lowest BCUT2D eigenvalue weighted by Gasteiger charge is -2.27. The molecule has 1 N–H and O–H groups in total. The van der Waals surface area contributed by atoms with Crippen LogP contribution in [0.25, 0.3) is 0 Å². The Morgan fingerprint density at radius 3 is 2.32 bits per heavy atom. The smallest absolute Gasteiger partial charge is 0.220 e. The number of rotatable bonds is 11. The van der Waals surface area contributed by atoms with Crippen molar-refractivity contribution in [3.05, 3.63) is 0 Å². The molecule has 0 aliphatic carbocycles. The quantitative estimate of drug-likeness (QED) is 0.581. The maximum Gasteiger partial charge on any atom is 0.220 e. The highest BCUT2D eigenvalue weighted by atomic mass is 16.5. The number of amides is 1. The molecule has 0 saturated heterocycles. The van der Waals surface area contributed by atoms with Gasteiger partial charge in [-0.25, -0.2) is 0 Å². The van der Waals surface area contributed by atoms with Gasteiger partial charge in [-0.05, 0) is 24.7 Å². The Morgan fingerprint density at radius 1 is 1.16 bits per heavy atom.